The van der Waals surface area contributed by atoms with Gasteiger partial charge in [0.15, 0.2) is 5.65 Å². The topological polar surface area (TPSA) is 38.7 Å². The van der Waals surface area contributed by atoms with Crippen LogP contribution < -0.4 is 0 Å². The Bertz CT molecular complexity index is 714. The molecule has 3 aromatic heterocycles. The van der Waals surface area contributed by atoms with Crippen LogP contribution in [0.3, 0.4) is 0 Å². The summed E-state index contributed by atoms with van der Waals surface area (Å²) >= 11 is 6.81. The molecule has 0 atom stereocenters. The van der Waals surface area contributed by atoms with Gasteiger partial charge >= 0.3 is 0 Å². The lowest BCUT2D eigenvalue weighted by atomic mass is 10.2. The highest BCUT2D eigenvalue weighted by atomic mass is 79.9. The van der Waals surface area contributed by atoms with Crippen LogP contribution in [0, 0.1) is 0 Å². The van der Waals surface area contributed by atoms with Crippen molar-refractivity contribution in [1.29, 1.82) is 0 Å². The number of hydrogen-bond acceptors (Lipinski definition) is 3. The Morgan fingerprint density at radius 3 is 2.56 bits per heavy atom. The summed E-state index contributed by atoms with van der Waals surface area (Å²) in [7, 11) is 0. The number of rotatable bonds is 1. The maximum atomic E-state index is 4.52. The largest absolute Gasteiger partial charge is 0.255 e. The first kappa shape index (κ1) is 11.7. The Morgan fingerprint density at radius 1 is 0.889 bits per heavy atom. The third kappa shape index (κ3) is 2.15. The molecule has 0 saturated carbocycles. The van der Waals surface area contributed by atoms with Crippen molar-refractivity contribution < 1.29 is 0 Å². The average Bonchev–Trinajstić information content (AvgIpc) is 2.41. The van der Waals surface area contributed by atoms with Crippen LogP contribution in [0.1, 0.15) is 0 Å². The molecule has 0 N–H and O–H groups in total. The normalized spacial score (nSPS) is 10.8. The first-order valence-electron chi connectivity index (χ1n) is 5.28. The first-order valence-corrected chi connectivity index (χ1v) is 6.87. The summed E-state index contributed by atoms with van der Waals surface area (Å²) in [5.41, 5.74) is 2.37. The van der Waals surface area contributed by atoms with Crippen LogP contribution in [0.25, 0.3) is 22.4 Å². The molecule has 3 rings (SSSR count). The van der Waals surface area contributed by atoms with E-state index in [1.165, 1.54) is 0 Å². The van der Waals surface area contributed by atoms with Crippen molar-refractivity contribution in [2.24, 2.45) is 0 Å². The van der Waals surface area contributed by atoms with E-state index < -0.39 is 0 Å². The smallest absolute Gasteiger partial charge is 0.161 e. The van der Waals surface area contributed by atoms with Crippen LogP contribution in [0.4, 0.5) is 0 Å². The molecule has 0 aliphatic carbocycles. The second-order valence-electron chi connectivity index (χ2n) is 3.72. The average molecular weight is 365 g/mol. The third-order valence-corrected chi connectivity index (χ3v) is 4.26. The van der Waals surface area contributed by atoms with Crippen LogP contribution in [0.5, 0.6) is 0 Å². The summed E-state index contributed by atoms with van der Waals surface area (Å²) in [6, 6.07) is 11.7. The van der Waals surface area contributed by atoms with Crippen molar-refractivity contribution in [3.8, 4) is 11.4 Å². The van der Waals surface area contributed by atoms with E-state index in [4.69, 9.17) is 0 Å². The summed E-state index contributed by atoms with van der Waals surface area (Å²) in [4.78, 5) is 13.2. The van der Waals surface area contributed by atoms with E-state index in [9.17, 15) is 0 Å². The van der Waals surface area contributed by atoms with Gasteiger partial charge in [-0.2, -0.15) is 0 Å². The minimum Gasteiger partial charge on any atom is -0.255 e. The minimum atomic E-state index is 0.702. The summed E-state index contributed by atoms with van der Waals surface area (Å²) in [6.45, 7) is 0. The molecule has 0 aliphatic heterocycles. The van der Waals surface area contributed by atoms with Crippen molar-refractivity contribution in [3.63, 3.8) is 0 Å². The Labute approximate surface area is 121 Å². The zero-order chi connectivity index (χ0) is 12.5. The first-order chi connectivity index (χ1) is 8.74. The molecule has 3 nitrogen and oxygen atoms in total. The van der Waals surface area contributed by atoms with E-state index in [-0.39, 0.29) is 0 Å². The van der Waals surface area contributed by atoms with E-state index in [0.29, 0.717) is 5.65 Å². The number of hydrogen-bond donors (Lipinski definition) is 0. The minimum absolute atomic E-state index is 0.702. The van der Waals surface area contributed by atoms with Gasteiger partial charge in [0.25, 0.3) is 0 Å². The molecule has 0 radical (unpaired) electrons. The SMILES string of the molecule is Brc1cc2ccc(-c3ccccn3)nc2nc1Br. The standard InChI is InChI=1S/C13H7Br2N3/c14-9-7-8-4-5-11(10-3-1-2-6-16-10)17-13(8)18-12(9)15/h1-7H. The molecule has 0 saturated heterocycles. The molecule has 88 valence electrons. The number of halogens is 2. The van der Waals surface area contributed by atoms with E-state index in [0.717, 1.165) is 25.8 Å². The van der Waals surface area contributed by atoms with Crippen molar-refractivity contribution in [1.82, 2.24) is 15.0 Å². The van der Waals surface area contributed by atoms with Gasteiger partial charge in [-0.05, 0) is 62.2 Å². The second kappa shape index (κ2) is 4.74. The molecule has 0 aliphatic rings. The van der Waals surface area contributed by atoms with Gasteiger partial charge in [0.05, 0.1) is 15.9 Å². The van der Waals surface area contributed by atoms with Crippen LogP contribution in [-0.4, -0.2) is 15.0 Å². The van der Waals surface area contributed by atoms with Gasteiger partial charge in [-0.25, -0.2) is 9.97 Å². The predicted molar refractivity (Wildman–Crippen MR) is 78.2 cm³/mol. The molecule has 0 aromatic carbocycles. The quantitative estimate of drug-likeness (QED) is 0.607. The molecular formula is C13H7Br2N3. The van der Waals surface area contributed by atoms with E-state index in [2.05, 4.69) is 46.8 Å². The fourth-order valence-corrected chi connectivity index (χ4v) is 2.28. The second-order valence-corrected chi connectivity index (χ2v) is 5.32. The van der Waals surface area contributed by atoms with Gasteiger partial charge in [0.1, 0.15) is 4.60 Å². The molecule has 18 heavy (non-hydrogen) atoms. The van der Waals surface area contributed by atoms with Gasteiger partial charge in [-0.1, -0.05) is 6.07 Å². The highest BCUT2D eigenvalue weighted by molar-refractivity contribution is 9.13. The number of aromatic nitrogens is 3. The molecule has 3 aromatic rings. The molecule has 0 spiro atoms. The van der Waals surface area contributed by atoms with Crippen LogP contribution in [0.2, 0.25) is 0 Å². The highest BCUT2D eigenvalue weighted by Crippen LogP contribution is 2.26. The Kier molecular flexibility index (Phi) is 3.09. The molecular weight excluding hydrogens is 358 g/mol. The van der Waals surface area contributed by atoms with Crippen molar-refractivity contribution in [3.05, 3.63) is 51.7 Å². The van der Waals surface area contributed by atoms with Gasteiger partial charge in [-0.3, -0.25) is 4.98 Å². The van der Waals surface area contributed by atoms with Crippen molar-refractivity contribution >= 4 is 42.9 Å². The lowest BCUT2D eigenvalue weighted by Crippen LogP contribution is -1.90. The summed E-state index contributed by atoms with van der Waals surface area (Å²) in [5, 5.41) is 0.991. The van der Waals surface area contributed by atoms with Gasteiger partial charge in [0, 0.05) is 11.6 Å². The number of nitrogens with zero attached hydrogens (tertiary/aromatic N) is 3. The van der Waals surface area contributed by atoms with Gasteiger partial charge in [-0.15, -0.1) is 0 Å². The summed E-state index contributed by atoms with van der Waals surface area (Å²) in [5.74, 6) is 0. The van der Waals surface area contributed by atoms with Crippen LogP contribution in [0.15, 0.2) is 51.7 Å². The maximum absolute atomic E-state index is 4.52. The zero-order valence-corrected chi connectivity index (χ0v) is 12.3. The predicted octanol–water partition coefficient (Wildman–Crippen LogP) is 4.22. The Hall–Kier alpha value is -1.33. The fourth-order valence-electron chi connectivity index (χ4n) is 1.66. The highest BCUT2D eigenvalue weighted by Gasteiger charge is 2.06. The fraction of sp³-hybridized carbons (Fsp3) is 0. The third-order valence-electron chi connectivity index (χ3n) is 2.52. The van der Waals surface area contributed by atoms with Crippen LogP contribution in [-0.2, 0) is 0 Å². The van der Waals surface area contributed by atoms with E-state index in [1.807, 2.05) is 36.4 Å². The summed E-state index contributed by atoms with van der Waals surface area (Å²) in [6.07, 6.45) is 1.76. The summed E-state index contributed by atoms with van der Waals surface area (Å²) < 4.78 is 1.67. The zero-order valence-electron chi connectivity index (χ0n) is 9.14. The monoisotopic (exact) mass is 363 g/mol. The Morgan fingerprint density at radius 2 is 1.78 bits per heavy atom. The Balaban J connectivity index is 2.20. The molecule has 3 heterocycles. The van der Waals surface area contributed by atoms with Gasteiger partial charge < -0.3 is 0 Å². The molecule has 0 unspecified atom stereocenters. The maximum Gasteiger partial charge on any atom is 0.161 e. The lowest BCUT2D eigenvalue weighted by Gasteiger charge is -2.03. The lowest BCUT2D eigenvalue weighted by molar-refractivity contribution is 1.22. The van der Waals surface area contributed by atoms with E-state index >= 15 is 0 Å². The molecule has 0 amide bonds. The van der Waals surface area contributed by atoms with Crippen molar-refractivity contribution in [2.75, 3.05) is 0 Å². The number of pyridine rings is 3. The molecule has 0 bridgehead atoms. The van der Waals surface area contributed by atoms with E-state index in [1.54, 1.807) is 6.20 Å². The van der Waals surface area contributed by atoms with Crippen LogP contribution >= 0.6 is 31.9 Å². The van der Waals surface area contributed by atoms with Gasteiger partial charge in [0.2, 0.25) is 0 Å². The van der Waals surface area contributed by atoms with Crippen molar-refractivity contribution in [2.45, 2.75) is 0 Å². The molecule has 0 fully saturated rings. The number of fused-ring (bicyclic) bond motifs is 1. The molecule has 5 heteroatoms.